The standard InChI is InChI=1S/C21H32FNO5/c22-17-7-6-15(16(23-17)11-27-10-14-3-1-2-8-28-14)21(26)18-19(24)12-4-5-13(9-12)20(18)25/h12-19,23-24H,1-11H2. The molecule has 28 heavy (non-hydrogen) atoms. The average Bonchev–Trinajstić information content (AvgIpc) is 3.15. The van der Waals surface area contributed by atoms with Gasteiger partial charge in [-0.2, -0.15) is 0 Å². The Morgan fingerprint density at radius 1 is 1.18 bits per heavy atom. The van der Waals surface area contributed by atoms with Crippen LogP contribution in [-0.4, -0.2) is 61.0 Å². The van der Waals surface area contributed by atoms with Crippen LogP contribution in [0.15, 0.2) is 0 Å². The van der Waals surface area contributed by atoms with Crippen LogP contribution in [0.5, 0.6) is 0 Å². The van der Waals surface area contributed by atoms with Gasteiger partial charge in [-0.1, -0.05) is 0 Å². The van der Waals surface area contributed by atoms with E-state index in [1.54, 1.807) is 0 Å². The Morgan fingerprint density at radius 2 is 2.04 bits per heavy atom. The Hall–Kier alpha value is -0.890. The fourth-order valence-electron chi connectivity index (χ4n) is 5.55. The van der Waals surface area contributed by atoms with Crippen molar-refractivity contribution in [3.8, 4) is 0 Å². The van der Waals surface area contributed by atoms with Gasteiger partial charge in [0.15, 0.2) is 12.1 Å². The molecule has 8 unspecified atom stereocenters. The first kappa shape index (κ1) is 20.4. The molecule has 7 heteroatoms. The molecule has 8 atom stereocenters. The fraction of sp³-hybridized carbons (Fsp3) is 0.905. The van der Waals surface area contributed by atoms with Gasteiger partial charge in [-0.05, 0) is 57.3 Å². The summed E-state index contributed by atoms with van der Waals surface area (Å²) in [7, 11) is 0. The van der Waals surface area contributed by atoms with Gasteiger partial charge < -0.3 is 14.6 Å². The summed E-state index contributed by atoms with van der Waals surface area (Å²) in [5.74, 6) is -1.83. The van der Waals surface area contributed by atoms with Crippen molar-refractivity contribution in [1.82, 2.24) is 5.32 Å². The van der Waals surface area contributed by atoms with Crippen LogP contribution < -0.4 is 5.32 Å². The summed E-state index contributed by atoms with van der Waals surface area (Å²) >= 11 is 0. The maximum absolute atomic E-state index is 14.0. The van der Waals surface area contributed by atoms with Gasteiger partial charge in [-0.3, -0.25) is 14.9 Å². The molecule has 2 N–H and O–H groups in total. The van der Waals surface area contributed by atoms with Crippen molar-refractivity contribution in [1.29, 1.82) is 0 Å². The molecule has 158 valence electrons. The van der Waals surface area contributed by atoms with E-state index in [0.29, 0.717) is 19.4 Å². The van der Waals surface area contributed by atoms with Crippen molar-refractivity contribution in [2.24, 2.45) is 23.7 Å². The van der Waals surface area contributed by atoms with Crippen LogP contribution in [0.3, 0.4) is 0 Å². The number of aliphatic hydroxyl groups is 1. The molecule has 0 aromatic rings. The second-order valence-electron chi connectivity index (χ2n) is 8.99. The lowest BCUT2D eigenvalue weighted by Gasteiger charge is -2.38. The van der Waals surface area contributed by atoms with E-state index in [-0.39, 0.29) is 42.5 Å². The third-order valence-electron chi connectivity index (χ3n) is 7.17. The minimum absolute atomic E-state index is 0.0419. The molecule has 0 aromatic carbocycles. The average molecular weight is 397 g/mol. The smallest absolute Gasteiger partial charge is 0.151 e. The second kappa shape index (κ2) is 8.86. The number of carbonyl (C=O) groups excluding carboxylic acids is 2. The molecular weight excluding hydrogens is 365 g/mol. The Labute approximate surface area is 165 Å². The van der Waals surface area contributed by atoms with Crippen LogP contribution >= 0.6 is 0 Å². The van der Waals surface area contributed by atoms with Crippen molar-refractivity contribution in [3.63, 3.8) is 0 Å². The molecule has 2 aliphatic carbocycles. The Kier molecular flexibility index (Phi) is 6.45. The van der Waals surface area contributed by atoms with E-state index in [1.165, 1.54) is 0 Å². The molecule has 0 amide bonds. The van der Waals surface area contributed by atoms with Crippen molar-refractivity contribution in [2.45, 2.75) is 75.9 Å². The number of nitrogens with one attached hydrogen (secondary N) is 1. The zero-order chi connectivity index (χ0) is 19.7. The van der Waals surface area contributed by atoms with Gasteiger partial charge in [0.2, 0.25) is 0 Å². The number of aliphatic hydroxyl groups excluding tert-OH is 1. The second-order valence-corrected chi connectivity index (χ2v) is 8.99. The summed E-state index contributed by atoms with van der Waals surface area (Å²) in [6, 6.07) is -0.473. The zero-order valence-corrected chi connectivity index (χ0v) is 16.4. The number of ether oxygens (including phenoxy) is 2. The summed E-state index contributed by atoms with van der Waals surface area (Å²) in [5.41, 5.74) is 0. The van der Waals surface area contributed by atoms with E-state index in [2.05, 4.69) is 5.32 Å². The van der Waals surface area contributed by atoms with Gasteiger partial charge in [0.05, 0.1) is 25.4 Å². The first-order valence-electron chi connectivity index (χ1n) is 10.9. The number of ketones is 2. The van der Waals surface area contributed by atoms with E-state index >= 15 is 0 Å². The van der Waals surface area contributed by atoms with Crippen molar-refractivity contribution in [3.05, 3.63) is 0 Å². The molecule has 2 saturated heterocycles. The van der Waals surface area contributed by atoms with Crippen LogP contribution in [0.2, 0.25) is 0 Å². The monoisotopic (exact) mass is 397 g/mol. The highest BCUT2D eigenvalue weighted by atomic mass is 19.1. The van der Waals surface area contributed by atoms with Crippen LogP contribution in [0.4, 0.5) is 4.39 Å². The van der Waals surface area contributed by atoms with Crippen LogP contribution in [0.25, 0.3) is 0 Å². The highest BCUT2D eigenvalue weighted by Gasteiger charge is 2.52. The lowest BCUT2D eigenvalue weighted by Crippen LogP contribution is -2.55. The number of hydrogen-bond acceptors (Lipinski definition) is 6. The highest BCUT2D eigenvalue weighted by Crippen LogP contribution is 2.44. The quantitative estimate of drug-likeness (QED) is 0.525. The predicted molar refractivity (Wildman–Crippen MR) is 99.3 cm³/mol. The molecule has 2 heterocycles. The van der Waals surface area contributed by atoms with Crippen molar-refractivity contribution < 1.29 is 28.6 Å². The van der Waals surface area contributed by atoms with Crippen LogP contribution in [-0.2, 0) is 19.1 Å². The first-order valence-corrected chi connectivity index (χ1v) is 10.9. The van der Waals surface area contributed by atoms with Crippen LogP contribution in [0.1, 0.15) is 51.4 Å². The number of fused-ring (bicyclic) bond motifs is 2. The Bertz CT molecular complexity index is 581. The summed E-state index contributed by atoms with van der Waals surface area (Å²) in [6.45, 7) is 1.39. The number of carbonyl (C=O) groups is 2. The first-order chi connectivity index (χ1) is 13.5. The Morgan fingerprint density at radius 3 is 2.82 bits per heavy atom. The maximum Gasteiger partial charge on any atom is 0.151 e. The lowest BCUT2D eigenvalue weighted by molar-refractivity contribution is -0.148. The van der Waals surface area contributed by atoms with Gasteiger partial charge in [0, 0.05) is 24.5 Å². The molecule has 4 rings (SSSR count). The van der Waals surface area contributed by atoms with Gasteiger partial charge in [0.25, 0.3) is 0 Å². The van der Waals surface area contributed by atoms with E-state index < -0.39 is 30.3 Å². The highest BCUT2D eigenvalue weighted by molar-refractivity contribution is 6.06. The summed E-state index contributed by atoms with van der Waals surface area (Å²) in [4.78, 5) is 26.0. The zero-order valence-electron chi connectivity index (χ0n) is 16.4. The fourth-order valence-corrected chi connectivity index (χ4v) is 5.55. The number of halogens is 1. The van der Waals surface area contributed by atoms with E-state index in [9.17, 15) is 19.1 Å². The molecule has 0 aromatic heterocycles. The number of hydrogen-bond donors (Lipinski definition) is 2. The van der Waals surface area contributed by atoms with Gasteiger partial charge in [-0.15, -0.1) is 0 Å². The molecule has 2 aliphatic heterocycles. The van der Waals surface area contributed by atoms with Crippen molar-refractivity contribution in [2.75, 3.05) is 19.8 Å². The normalized spacial score (nSPS) is 43.9. The minimum atomic E-state index is -1.17. The molecule has 6 nitrogen and oxygen atoms in total. The molecule has 0 spiro atoms. The molecule has 2 bridgehead atoms. The van der Waals surface area contributed by atoms with E-state index in [0.717, 1.165) is 38.7 Å². The molecule has 0 radical (unpaired) electrons. The third kappa shape index (κ3) is 4.18. The molecular formula is C21H32FNO5. The predicted octanol–water partition coefficient (Wildman–Crippen LogP) is 1.78. The SMILES string of the molecule is O=C1C2CCC(C2)C(O)C1C(=O)C1CCC(F)NC1COCC1CCCCO1. The molecule has 2 saturated carbocycles. The molecule has 4 fully saturated rings. The largest absolute Gasteiger partial charge is 0.392 e. The third-order valence-corrected chi connectivity index (χ3v) is 7.17. The number of rotatable bonds is 6. The lowest BCUT2D eigenvalue weighted by atomic mass is 9.70. The number of alkyl halides is 1. The number of piperidine rings is 1. The maximum atomic E-state index is 14.0. The molecule has 4 aliphatic rings. The van der Waals surface area contributed by atoms with Gasteiger partial charge >= 0.3 is 0 Å². The van der Waals surface area contributed by atoms with Gasteiger partial charge in [-0.25, -0.2) is 4.39 Å². The van der Waals surface area contributed by atoms with E-state index in [4.69, 9.17) is 9.47 Å². The van der Waals surface area contributed by atoms with Gasteiger partial charge in [0.1, 0.15) is 11.7 Å². The van der Waals surface area contributed by atoms with E-state index in [1.807, 2.05) is 0 Å². The van der Waals surface area contributed by atoms with Crippen molar-refractivity contribution >= 4 is 11.6 Å². The van der Waals surface area contributed by atoms with Crippen LogP contribution in [0, 0.1) is 23.7 Å². The summed E-state index contributed by atoms with van der Waals surface area (Å²) < 4.78 is 25.4. The minimum Gasteiger partial charge on any atom is -0.392 e. The number of Topliss-reactive ketones (excluding diaryl/α,β-unsaturated/α-hetero) is 2. The summed E-state index contributed by atoms with van der Waals surface area (Å²) in [5, 5.41) is 13.5. The Balaban J connectivity index is 1.39. The summed E-state index contributed by atoms with van der Waals surface area (Å²) in [6.07, 6.45) is 4.04. The topological polar surface area (TPSA) is 84.9 Å².